The molecule has 4 aromatic rings. The molecule has 0 N–H and O–H groups in total. The van der Waals surface area contributed by atoms with E-state index < -0.39 is 5.82 Å². The van der Waals surface area contributed by atoms with Gasteiger partial charge in [0.25, 0.3) is 5.91 Å². The summed E-state index contributed by atoms with van der Waals surface area (Å²) in [6.07, 6.45) is 6.09. The number of carbonyl (C=O) groups excluding carboxylic acids is 1. The number of carbonyl (C=O) groups is 1. The number of amides is 1. The van der Waals surface area contributed by atoms with Crippen molar-refractivity contribution >= 4 is 45.0 Å². The Morgan fingerprint density at radius 3 is 2.64 bits per heavy atom. The fourth-order valence-electron chi connectivity index (χ4n) is 8.11. The second-order valence-corrected chi connectivity index (χ2v) is 14.4. The molecule has 0 saturated carbocycles. The van der Waals surface area contributed by atoms with Crippen molar-refractivity contribution in [3.05, 3.63) is 53.4 Å². The number of halogens is 2. The van der Waals surface area contributed by atoms with Crippen LogP contribution in [-0.4, -0.2) is 120 Å². The third-order valence-corrected chi connectivity index (χ3v) is 11.1. The standard InChI is InChI=1S/C38H41ClFN7O3/c1-44(22-26-23-46(24-26)31(48)11-4-14-45-17-19-49-20-18-45)36-29-21-41-34(28-9-2-7-27-8-3-10-30(39)32(27)28)33(40)35(29)42-37(43-36)50-25-38-12-5-15-47(38)16-6-13-38/h2-3,7-10,21,26H,5-6,12-20,22-25H2,1H3. The van der Waals surface area contributed by atoms with Gasteiger partial charge in [-0.1, -0.05) is 47.9 Å². The highest BCUT2D eigenvalue weighted by molar-refractivity contribution is 6.36. The van der Waals surface area contributed by atoms with Crippen LogP contribution in [0.15, 0.2) is 42.6 Å². The molecule has 4 saturated heterocycles. The highest BCUT2D eigenvalue weighted by Crippen LogP contribution is 2.40. The number of morpholine rings is 1. The maximum Gasteiger partial charge on any atom is 0.319 e. The van der Waals surface area contributed by atoms with E-state index in [-0.39, 0.29) is 34.6 Å². The number of likely N-dealkylation sites (tertiary alicyclic amines) is 1. The summed E-state index contributed by atoms with van der Waals surface area (Å²) in [7, 11) is 1.93. The van der Waals surface area contributed by atoms with Crippen LogP contribution < -0.4 is 9.64 Å². The fraction of sp³-hybridized carbons (Fsp3) is 0.474. The van der Waals surface area contributed by atoms with Crippen LogP contribution in [-0.2, 0) is 9.53 Å². The molecular weight excluding hydrogens is 657 g/mol. The van der Waals surface area contributed by atoms with Crippen molar-refractivity contribution < 1.29 is 18.7 Å². The molecule has 0 bridgehead atoms. The Morgan fingerprint density at radius 1 is 1.10 bits per heavy atom. The predicted molar refractivity (Wildman–Crippen MR) is 192 cm³/mol. The zero-order valence-electron chi connectivity index (χ0n) is 28.3. The van der Waals surface area contributed by atoms with Crippen molar-refractivity contribution in [1.82, 2.24) is 29.7 Å². The number of anilines is 1. The first kappa shape index (κ1) is 33.1. The van der Waals surface area contributed by atoms with Crippen molar-refractivity contribution in [2.75, 3.05) is 84.1 Å². The van der Waals surface area contributed by atoms with E-state index in [2.05, 4.69) is 31.6 Å². The fourth-order valence-corrected chi connectivity index (χ4v) is 8.39. The number of aromatic nitrogens is 3. The van der Waals surface area contributed by atoms with Crippen molar-refractivity contribution in [2.24, 2.45) is 5.92 Å². The molecule has 0 atom stereocenters. The lowest BCUT2D eigenvalue weighted by Crippen LogP contribution is -2.53. The van der Waals surface area contributed by atoms with Crippen LogP contribution in [0.25, 0.3) is 32.9 Å². The summed E-state index contributed by atoms with van der Waals surface area (Å²) in [5.74, 6) is 5.88. The Bertz CT molecular complexity index is 1970. The molecule has 2 aromatic carbocycles. The van der Waals surface area contributed by atoms with Gasteiger partial charge in [-0.3, -0.25) is 19.6 Å². The van der Waals surface area contributed by atoms with Crippen LogP contribution in [0.1, 0.15) is 25.7 Å². The van der Waals surface area contributed by atoms with Crippen LogP contribution in [0.4, 0.5) is 10.2 Å². The molecule has 2 aromatic heterocycles. The Morgan fingerprint density at radius 2 is 1.86 bits per heavy atom. The van der Waals surface area contributed by atoms with E-state index in [0.717, 1.165) is 62.6 Å². The second kappa shape index (κ2) is 13.9. The molecular formula is C38H41ClFN7O3. The molecule has 50 heavy (non-hydrogen) atoms. The number of rotatable bonds is 8. The molecule has 4 aliphatic heterocycles. The molecule has 6 heterocycles. The number of ether oxygens (including phenoxy) is 2. The van der Waals surface area contributed by atoms with Crippen molar-refractivity contribution in [3.63, 3.8) is 0 Å². The number of hydrogen-bond donors (Lipinski definition) is 0. The van der Waals surface area contributed by atoms with Crippen LogP contribution in [0.3, 0.4) is 0 Å². The maximum absolute atomic E-state index is 16.7. The summed E-state index contributed by atoms with van der Waals surface area (Å²) in [6.45, 7) is 8.07. The van der Waals surface area contributed by atoms with Gasteiger partial charge in [0.2, 0.25) is 0 Å². The van der Waals surface area contributed by atoms with E-state index in [1.165, 1.54) is 0 Å². The van der Waals surface area contributed by atoms with E-state index in [0.29, 0.717) is 67.8 Å². The van der Waals surface area contributed by atoms with E-state index in [9.17, 15) is 4.79 Å². The smallest absolute Gasteiger partial charge is 0.319 e. The van der Waals surface area contributed by atoms with Gasteiger partial charge in [-0.25, -0.2) is 4.39 Å². The van der Waals surface area contributed by atoms with Crippen LogP contribution in [0, 0.1) is 23.6 Å². The summed E-state index contributed by atoms with van der Waals surface area (Å²) in [4.78, 5) is 35.4. The minimum Gasteiger partial charge on any atom is -0.461 e. The highest BCUT2D eigenvalue weighted by Gasteiger charge is 2.45. The van der Waals surface area contributed by atoms with E-state index in [4.69, 9.17) is 26.1 Å². The van der Waals surface area contributed by atoms with Gasteiger partial charge >= 0.3 is 6.01 Å². The molecule has 10 nitrogen and oxygen atoms in total. The monoisotopic (exact) mass is 697 g/mol. The predicted octanol–water partition coefficient (Wildman–Crippen LogP) is 4.87. The molecule has 0 radical (unpaired) electrons. The molecule has 0 aliphatic carbocycles. The normalized spacial score (nSPS) is 19.3. The first-order chi connectivity index (χ1) is 24.4. The lowest BCUT2D eigenvalue weighted by Gasteiger charge is -2.40. The highest BCUT2D eigenvalue weighted by atomic mass is 35.5. The van der Waals surface area contributed by atoms with Crippen LogP contribution >= 0.6 is 11.6 Å². The second-order valence-electron chi connectivity index (χ2n) is 14.0. The van der Waals surface area contributed by atoms with Gasteiger partial charge in [0.15, 0.2) is 5.82 Å². The summed E-state index contributed by atoms with van der Waals surface area (Å²) in [5.41, 5.74) is 0.911. The van der Waals surface area contributed by atoms with E-state index in [1.54, 1.807) is 17.2 Å². The third-order valence-electron chi connectivity index (χ3n) is 10.8. The van der Waals surface area contributed by atoms with Crippen molar-refractivity contribution in [3.8, 4) is 29.1 Å². The summed E-state index contributed by atoms with van der Waals surface area (Å²) >= 11 is 6.63. The van der Waals surface area contributed by atoms with Gasteiger partial charge in [-0.15, -0.1) is 0 Å². The lowest BCUT2D eigenvalue weighted by molar-refractivity contribution is -0.130. The van der Waals surface area contributed by atoms with E-state index >= 15 is 4.39 Å². The first-order valence-electron chi connectivity index (χ1n) is 17.6. The molecule has 12 heteroatoms. The zero-order valence-corrected chi connectivity index (χ0v) is 29.1. The van der Waals surface area contributed by atoms with Crippen LogP contribution in [0.2, 0.25) is 5.02 Å². The third kappa shape index (κ3) is 6.35. The summed E-state index contributed by atoms with van der Waals surface area (Å²) in [5, 5.41) is 2.66. The van der Waals surface area contributed by atoms with Gasteiger partial charge < -0.3 is 19.3 Å². The topological polar surface area (TPSA) is 87.2 Å². The SMILES string of the molecule is CN(CC1CN(C(=O)C#CCN2CCOCC2)C1)c1nc(OCC23CCCN2CCC3)nc2c(F)c(-c3cccc4cccc(Cl)c34)ncc12. The first-order valence-corrected chi connectivity index (χ1v) is 18.0. The Hall–Kier alpha value is -4.08. The number of hydrogen-bond acceptors (Lipinski definition) is 9. The van der Waals surface area contributed by atoms with Crippen molar-refractivity contribution in [2.45, 2.75) is 31.2 Å². The average molecular weight is 698 g/mol. The van der Waals surface area contributed by atoms with Gasteiger partial charge in [-0.05, 0) is 56.1 Å². The number of nitrogens with zero attached hydrogens (tertiary/aromatic N) is 7. The zero-order chi connectivity index (χ0) is 34.2. The number of fused-ring (bicyclic) bond motifs is 3. The molecule has 260 valence electrons. The number of pyridine rings is 1. The van der Waals surface area contributed by atoms with Crippen LogP contribution in [0.5, 0.6) is 6.01 Å². The molecule has 8 rings (SSSR count). The Kier molecular flexibility index (Phi) is 9.21. The largest absolute Gasteiger partial charge is 0.461 e. The van der Waals surface area contributed by atoms with Crippen molar-refractivity contribution in [1.29, 1.82) is 0 Å². The van der Waals surface area contributed by atoms with Gasteiger partial charge in [0.1, 0.15) is 23.6 Å². The Balaban J connectivity index is 1.06. The molecule has 1 amide bonds. The van der Waals surface area contributed by atoms with Gasteiger partial charge in [-0.2, -0.15) is 9.97 Å². The number of benzene rings is 2. The average Bonchev–Trinajstić information content (AvgIpc) is 3.70. The quantitative estimate of drug-likeness (QED) is 0.239. The molecule has 0 spiro atoms. The molecule has 4 aliphatic rings. The summed E-state index contributed by atoms with van der Waals surface area (Å²) in [6, 6.07) is 11.4. The van der Waals surface area contributed by atoms with E-state index in [1.807, 2.05) is 42.3 Å². The summed E-state index contributed by atoms with van der Waals surface area (Å²) < 4.78 is 28.5. The minimum atomic E-state index is -0.547. The molecule has 4 fully saturated rings. The molecule has 0 unspecified atom stereocenters. The van der Waals surface area contributed by atoms with Gasteiger partial charge in [0, 0.05) is 67.9 Å². The van der Waals surface area contributed by atoms with Gasteiger partial charge in [0.05, 0.1) is 30.7 Å². The minimum absolute atomic E-state index is 0.0148. The lowest BCUT2D eigenvalue weighted by atomic mass is 9.95. The maximum atomic E-state index is 16.7. The Labute approximate surface area is 296 Å².